The highest BCUT2D eigenvalue weighted by Crippen LogP contribution is 2.22. The van der Waals surface area contributed by atoms with E-state index in [1.807, 2.05) is 42.5 Å². The van der Waals surface area contributed by atoms with Crippen molar-refractivity contribution in [1.82, 2.24) is 10.2 Å². The van der Waals surface area contributed by atoms with Crippen LogP contribution in [0.5, 0.6) is 0 Å². The maximum Gasteiger partial charge on any atom is 0.235 e. The molecule has 1 N–H and O–H groups in total. The molecule has 1 amide bonds. The first-order valence-electron chi connectivity index (χ1n) is 8.32. The van der Waals surface area contributed by atoms with Crippen LogP contribution in [-0.4, -0.2) is 30.4 Å². The summed E-state index contributed by atoms with van der Waals surface area (Å²) in [5, 5.41) is 3.12. The van der Waals surface area contributed by atoms with Gasteiger partial charge in [0, 0.05) is 0 Å². The number of furan rings is 1. The molecule has 4 heteroatoms. The number of carbonyl (C=O) groups is 1. The van der Waals surface area contributed by atoms with Crippen molar-refractivity contribution in [3.05, 3.63) is 60.1 Å². The fourth-order valence-electron chi connectivity index (χ4n) is 3.05. The third kappa shape index (κ3) is 4.23. The lowest BCUT2D eigenvalue weighted by atomic mass is 9.99. The fraction of sp³-hybridized carbons (Fsp3) is 0.421. The van der Waals surface area contributed by atoms with Crippen molar-refractivity contribution in [3.8, 4) is 0 Å². The van der Waals surface area contributed by atoms with Crippen molar-refractivity contribution in [2.75, 3.05) is 19.6 Å². The highest BCUT2D eigenvalue weighted by atomic mass is 16.3. The number of likely N-dealkylation sites (tertiary alicyclic amines) is 1. The molecule has 0 bridgehead atoms. The normalized spacial score (nSPS) is 17.8. The van der Waals surface area contributed by atoms with Gasteiger partial charge in [-0.1, -0.05) is 37.3 Å². The second kappa shape index (κ2) is 7.47. The number of nitrogens with zero attached hydrogens (tertiary/aromatic N) is 1. The zero-order valence-electron chi connectivity index (χ0n) is 13.6. The lowest BCUT2D eigenvalue weighted by Crippen LogP contribution is -2.42. The molecule has 0 radical (unpaired) electrons. The molecule has 0 saturated carbocycles. The van der Waals surface area contributed by atoms with Crippen molar-refractivity contribution in [2.24, 2.45) is 5.92 Å². The van der Waals surface area contributed by atoms with Gasteiger partial charge in [-0.2, -0.15) is 0 Å². The Hall–Kier alpha value is -2.07. The zero-order chi connectivity index (χ0) is 16.1. The maximum absolute atomic E-state index is 12.5. The Morgan fingerprint density at radius 3 is 2.61 bits per heavy atom. The molecule has 2 aromatic rings. The molecule has 4 nitrogen and oxygen atoms in total. The third-order valence-electron chi connectivity index (χ3n) is 4.51. The summed E-state index contributed by atoms with van der Waals surface area (Å²) >= 11 is 0. The molecule has 1 aromatic heterocycles. The number of nitrogens with one attached hydrogen (secondary N) is 1. The zero-order valence-corrected chi connectivity index (χ0v) is 13.6. The van der Waals surface area contributed by atoms with Crippen LogP contribution < -0.4 is 5.32 Å². The topological polar surface area (TPSA) is 45.5 Å². The van der Waals surface area contributed by atoms with Gasteiger partial charge in [0.1, 0.15) is 11.8 Å². The fourth-order valence-corrected chi connectivity index (χ4v) is 3.05. The van der Waals surface area contributed by atoms with Crippen LogP contribution in [0.3, 0.4) is 0 Å². The van der Waals surface area contributed by atoms with Crippen molar-refractivity contribution in [2.45, 2.75) is 25.8 Å². The van der Waals surface area contributed by atoms with E-state index in [-0.39, 0.29) is 11.9 Å². The highest BCUT2D eigenvalue weighted by Gasteiger charge is 2.22. The van der Waals surface area contributed by atoms with Gasteiger partial charge >= 0.3 is 0 Å². The van der Waals surface area contributed by atoms with Crippen LogP contribution in [0.15, 0.2) is 53.1 Å². The van der Waals surface area contributed by atoms with Gasteiger partial charge in [-0.3, -0.25) is 9.69 Å². The van der Waals surface area contributed by atoms with E-state index >= 15 is 0 Å². The molecule has 3 rings (SSSR count). The average Bonchev–Trinajstić information content (AvgIpc) is 3.10. The summed E-state index contributed by atoms with van der Waals surface area (Å²) in [7, 11) is 0. The molecular weight excluding hydrogens is 288 g/mol. The van der Waals surface area contributed by atoms with Gasteiger partial charge in [0.2, 0.25) is 5.91 Å². The molecule has 23 heavy (non-hydrogen) atoms. The number of carbonyl (C=O) groups excluding carboxylic acids is 1. The quantitative estimate of drug-likeness (QED) is 0.922. The monoisotopic (exact) mass is 312 g/mol. The third-order valence-corrected chi connectivity index (χ3v) is 4.51. The first kappa shape index (κ1) is 15.8. The summed E-state index contributed by atoms with van der Waals surface area (Å²) in [4.78, 5) is 14.7. The molecule has 1 aromatic carbocycles. The first-order valence-corrected chi connectivity index (χ1v) is 8.32. The molecule has 1 saturated heterocycles. The molecule has 0 unspecified atom stereocenters. The molecule has 1 aliphatic heterocycles. The van der Waals surface area contributed by atoms with Crippen LogP contribution >= 0.6 is 0 Å². The van der Waals surface area contributed by atoms with Crippen molar-refractivity contribution in [1.29, 1.82) is 0 Å². The molecule has 0 aliphatic carbocycles. The van der Waals surface area contributed by atoms with E-state index in [1.165, 1.54) is 12.8 Å². The van der Waals surface area contributed by atoms with Crippen LogP contribution in [0.25, 0.3) is 0 Å². The average molecular weight is 312 g/mol. The van der Waals surface area contributed by atoms with E-state index in [9.17, 15) is 4.79 Å². The summed E-state index contributed by atoms with van der Waals surface area (Å²) in [6.07, 6.45) is 3.99. The first-order chi connectivity index (χ1) is 11.2. The van der Waals surface area contributed by atoms with E-state index in [4.69, 9.17) is 4.42 Å². The van der Waals surface area contributed by atoms with Crippen LogP contribution in [0.1, 0.15) is 37.1 Å². The Balaban J connectivity index is 1.65. The second-order valence-corrected chi connectivity index (χ2v) is 6.39. The summed E-state index contributed by atoms with van der Waals surface area (Å²) in [6, 6.07) is 13.5. The maximum atomic E-state index is 12.5. The van der Waals surface area contributed by atoms with Crippen LogP contribution in [0.2, 0.25) is 0 Å². The molecule has 122 valence electrons. The van der Waals surface area contributed by atoms with E-state index in [1.54, 1.807) is 6.26 Å². The predicted molar refractivity (Wildman–Crippen MR) is 90.0 cm³/mol. The van der Waals surface area contributed by atoms with E-state index in [0.717, 1.165) is 30.3 Å². The van der Waals surface area contributed by atoms with E-state index in [0.29, 0.717) is 6.54 Å². The predicted octanol–water partition coefficient (Wildman–Crippen LogP) is 3.22. The Morgan fingerprint density at radius 1 is 1.22 bits per heavy atom. The molecular formula is C19H24N2O2. The Bertz CT molecular complexity index is 602. The van der Waals surface area contributed by atoms with E-state index in [2.05, 4.69) is 17.1 Å². The molecule has 2 heterocycles. The van der Waals surface area contributed by atoms with Gasteiger partial charge in [-0.05, 0) is 49.5 Å². The van der Waals surface area contributed by atoms with Crippen molar-refractivity contribution < 1.29 is 9.21 Å². The summed E-state index contributed by atoms with van der Waals surface area (Å²) in [5.74, 6) is 1.58. The Morgan fingerprint density at radius 2 is 1.96 bits per heavy atom. The Kier molecular flexibility index (Phi) is 5.13. The molecule has 1 fully saturated rings. The minimum absolute atomic E-state index is 0.0461. The van der Waals surface area contributed by atoms with Crippen LogP contribution in [0.4, 0.5) is 0 Å². The summed E-state index contributed by atoms with van der Waals surface area (Å²) in [6.45, 7) is 4.74. The summed E-state index contributed by atoms with van der Waals surface area (Å²) < 4.78 is 5.53. The number of hydrogen-bond acceptors (Lipinski definition) is 3. The number of amides is 1. The highest BCUT2D eigenvalue weighted by molar-refractivity contribution is 5.79. The number of rotatable bonds is 5. The lowest BCUT2D eigenvalue weighted by molar-refractivity contribution is -0.123. The van der Waals surface area contributed by atoms with Gasteiger partial charge in [-0.25, -0.2) is 0 Å². The molecule has 1 atom stereocenters. The minimum atomic E-state index is -0.234. The summed E-state index contributed by atoms with van der Waals surface area (Å²) in [5.41, 5.74) is 1.03. The SMILES string of the molecule is CC1CCN(CC(=O)N[C@@H](c2ccccc2)c2ccco2)CC1. The minimum Gasteiger partial charge on any atom is -0.467 e. The smallest absolute Gasteiger partial charge is 0.235 e. The molecule has 1 aliphatic rings. The van der Waals surface area contributed by atoms with Gasteiger partial charge in [0.15, 0.2) is 0 Å². The molecule has 0 spiro atoms. The lowest BCUT2D eigenvalue weighted by Gasteiger charge is -2.30. The Labute approximate surface area is 137 Å². The number of benzene rings is 1. The van der Waals surface area contributed by atoms with Crippen LogP contribution in [0, 0.1) is 5.92 Å². The largest absolute Gasteiger partial charge is 0.467 e. The van der Waals surface area contributed by atoms with Gasteiger partial charge in [-0.15, -0.1) is 0 Å². The van der Waals surface area contributed by atoms with Gasteiger partial charge in [0.05, 0.1) is 12.8 Å². The van der Waals surface area contributed by atoms with Crippen LogP contribution in [-0.2, 0) is 4.79 Å². The standard InChI is InChI=1S/C19H24N2O2/c1-15-9-11-21(12-10-15)14-18(22)20-19(17-8-5-13-23-17)16-6-3-2-4-7-16/h2-8,13,15,19H,9-12,14H2,1H3,(H,20,22)/t19-/m0/s1. The van der Waals surface area contributed by atoms with Crippen molar-refractivity contribution >= 4 is 5.91 Å². The van der Waals surface area contributed by atoms with Gasteiger partial charge in [0.25, 0.3) is 0 Å². The van der Waals surface area contributed by atoms with E-state index < -0.39 is 0 Å². The second-order valence-electron chi connectivity index (χ2n) is 6.39. The van der Waals surface area contributed by atoms with Crippen molar-refractivity contribution in [3.63, 3.8) is 0 Å². The number of piperidine rings is 1. The number of hydrogen-bond donors (Lipinski definition) is 1. The van der Waals surface area contributed by atoms with Gasteiger partial charge < -0.3 is 9.73 Å².